The summed E-state index contributed by atoms with van der Waals surface area (Å²) in [5.74, 6) is 0.228. The van der Waals surface area contributed by atoms with Gasteiger partial charge in [-0.2, -0.15) is 0 Å². The molecule has 0 radical (unpaired) electrons. The molecule has 2 aromatic heterocycles. The van der Waals surface area contributed by atoms with Crippen molar-refractivity contribution in [2.75, 3.05) is 12.4 Å². The quantitative estimate of drug-likeness (QED) is 0.679. The zero-order valence-corrected chi connectivity index (χ0v) is 16.6. The molecule has 2 amide bonds. The number of hydrogen-bond acceptors (Lipinski definition) is 5. The molecular formula is C19H18ClN3O3S. The van der Waals surface area contributed by atoms with E-state index in [0.717, 1.165) is 11.3 Å². The molecule has 8 heteroatoms. The summed E-state index contributed by atoms with van der Waals surface area (Å²) in [6.07, 6.45) is 0. The second-order valence-electron chi connectivity index (χ2n) is 6.09. The number of nitrogens with one attached hydrogen (secondary N) is 1. The highest BCUT2D eigenvalue weighted by molar-refractivity contribution is 7.12. The maximum Gasteiger partial charge on any atom is 0.265 e. The van der Waals surface area contributed by atoms with Gasteiger partial charge in [-0.15, -0.1) is 11.3 Å². The number of nitrogens with zero attached hydrogens (tertiary/aromatic N) is 2. The van der Waals surface area contributed by atoms with Crippen LogP contribution in [0.15, 0.2) is 40.2 Å². The van der Waals surface area contributed by atoms with Crippen LogP contribution < -0.4 is 5.32 Å². The molecule has 1 N–H and O–H groups in total. The number of amides is 2. The van der Waals surface area contributed by atoms with E-state index < -0.39 is 0 Å². The van der Waals surface area contributed by atoms with Crippen molar-refractivity contribution in [2.45, 2.75) is 20.4 Å². The lowest BCUT2D eigenvalue weighted by atomic mass is 10.1. The molecular weight excluding hydrogens is 386 g/mol. The Kier molecular flexibility index (Phi) is 5.62. The van der Waals surface area contributed by atoms with Crippen molar-refractivity contribution in [1.29, 1.82) is 0 Å². The van der Waals surface area contributed by atoms with Crippen LogP contribution in [0, 0.1) is 13.8 Å². The number of benzene rings is 1. The number of anilines is 1. The summed E-state index contributed by atoms with van der Waals surface area (Å²) in [5.41, 5.74) is 2.46. The van der Waals surface area contributed by atoms with Gasteiger partial charge in [-0.3, -0.25) is 9.59 Å². The fraction of sp³-hybridized carbons (Fsp3) is 0.211. The molecule has 140 valence electrons. The fourth-order valence-corrected chi connectivity index (χ4v) is 3.39. The Hall–Kier alpha value is -2.64. The third-order valence-electron chi connectivity index (χ3n) is 4.13. The minimum atomic E-state index is -0.263. The number of rotatable bonds is 5. The summed E-state index contributed by atoms with van der Waals surface area (Å²) in [6.45, 7) is 4.03. The maximum atomic E-state index is 12.8. The molecule has 0 unspecified atom stereocenters. The zero-order valence-electron chi connectivity index (χ0n) is 15.1. The summed E-state index contributed by atoms with van der Waals surface area (Å²) in [7, 11) is 1.70. The Morgan fingerprint density at radius 3 is 2.70 bits per heavy atom. The number of aromatic nitrogens is 1. The van der Waals surface area contributed by atoms with Gasteiger partial charge in [0, 0.05) is 18.2 Å². The second kappa shape index (κ2) is 7.94. The van der Waals surface area contributed by atoms with Crippen molar-refractivity contribution in [3.63, 3.8) is 0 Å². The van der Waals surface area contributed by atoms with Crippen LogP contribution in [0.25, 0.3) is 0 Å². The van der Waals surface area contributed by atoms with E-state index >= 15 is 0 Å². The molecule has 0 aliphatic carbocycles. The van der Waals surface area contributed by atoms with Crippen LogP contribution in [0.2, 0.25) is 5.02 Å². The van der Waals surface area contributed by atoms with Crippen LogP contribution >= 0.6 is 22.9 Å². The molecule has 27 heavy (non-hydrogen) atoms. The van der Waals surface area contributed by atoms with Gasteiger partial charge in [0.05, 0.1) is 27.8 Å². The molecule has 0 fully saturated rings. The predicted molar refractivity (Wildman–Crippen MR) is 105 cm³/mol. The molecule has 1 aromatic carbocycles. The third kappa shape index (κ3) is 4.20. The first-order valence-electron chi connectivity index (χ1n) is 8.18. The molecule has 3 rings (SSSR count). The fourth-order valence-electron chi connectivity index (χ4n) is 2.60. The summed E-state index contributed by atoms with van der Waals surface area (Å²) in [5, 5.41) is 8.85. The SMILES string of the molecule is Cc1noc(C)c1CN(C)C(=O)c1ccc(Cl)c(NC(=O)c2cccs2)c1. The lowest BCUT2D eigenvalue weighted by molar-refractivity contribution is 0.0784. The van der Waals surface area contributed by atoms with Crippen molar-refractivity contribution < 1.29 is 14.1 Å². The second-order valence-corrected chi connectivity index (χ2v) is 7.44. The van der Waals surface area contributed by atoms with Gasteiger partial charge in [0.25, 0.3) is 11.8 Å². The van der Waals surface area contributed by atoms with Gasteiger partial charge < -0.3 is 14.7 Å². The van der Waals surface area contributed by atoms with Gasteiger partial charge in [-0.1, -0.05) is 22.8 Å². The number of halogens is 1. The highest BCUT2D eigenvalue weighted by Gasteiger charge is 2.18. The number of aryl methyl sites for hydroxylation is 2. The van der Waals surface area contributed by atoms with Crippen molar-refractivity contribution in [1.82, 2.24) is 10.1 Å². The third-order valence-corrected chi connectivity index (χ3v) is 5.33. The van der Waals surface area contributed by atoms with Crippen molar-refractivity contribution in [3.8, 4) is 0 Å². The Morgan fingerprint density at radius 2 is 2.07 bits per heavy atom. The Labute approximate surface area is 165 Å². The molecule has 0 saturated carbocycles. The minimum absolute atomic E-state index is 0.196. The molecule has 0 bridgehead atoms. The van der Waals surface area contributed by atoms with Gasteiger partial charge >= 0.3 is 0 Å². The molecule has 0 saturated heterocycles. The largest absolute Gasteiger partial charge is 0.361 e. The van der Waals surface area contributed by atoms with E-state index in [4.69, 9.17) is 16.1 Å². The Balaban J connectivity index is 1.78. The van der Waals surface area contributed by atoms with Crippen LogP contribution in [-0.4, -0.2) is 28.9 Å². The first kappa shape index (κ1) is 19.1. The monoisotopic (exact) mass is 403 g/mol. The molecule has 0 atom stereocenters. The topological polar surface area (TPSA) is 75.4 Å². The number of thiophene rings is 1. The average molecular weight is 404 g/mol. The molecule has 0 aliphatic heterocycles. The number of hydrogen-bond donors (Lipinski definition) is 1. The van der Waals surface area contributed by atoms with Crippen LogP contribution in [-0.2, 0) is 6.54 Å². The Bertz CT molecular complexity index is 963. The smallest absolute Gasteiger partial charge is 0.265 e. The number of carbonyl (C=O) groups excluding carboxylic acids is 2. The lowest BCUT2D eigenvalue weighted by Crippen LogP contribution is -2.26. The molecule has 2 heterocycles. The molecule has 6 nitrogen and oxygen atoms in total. The summed E-state index contributed by atoms with van der Waals surface area (Å²) < 4.78 is 5.14. The van der Waals surface area contributed by atoms with E-state index in [1.54, 1.807) is 42.3 Å². The summed E-state index contributed by atoms with van der Waals surface area (Å²) >= 11 is 7.52. The van der Waals surface area contributed by atoms with Crippen LogP contribution in [0.4, 0.5) is 5.69 Å². The molecule has 0 spiro atoms. The first-order valence-corrected chi connectivity index (χ1v) is 9.44. The van der Waals surface area contributed by atoms with Crippen molar-refractivity contribution in [3.05, 3.63) is 68.2 Å². The summed E-state index contributed by atoms with van der Waals surface area (Å²) in [6, 6.07) is 8.34. The van der Waals surface area contributed by atoms with Crippen molar-refractivity contribution in [2.24, 2.45) is 0 Å². The highest BCUT2D eigenvalue weighted by atomic mass is 35.5. The van der Waals surface area contributed by atoms with Gasteiger partial charge in [-0.05, 0) is 43.5 Å². The van der Waals surface area contributed by atoms with E-state index in [1.807, 2.05) is 19.2 Å². The molecule has 3 aromatic rings. The Morgan fingerprint density at radius 1 is 1.30 bits per heavy atom. The standard InChI is InChI=1S/C19H18ClN3O3S/c1-11-14(12(2)26-22-11)10-23(3)19(25)13-6-7-15(20)16(9-13)21-18(24)17-5-4-8-27-17/h4-9H,10H2,1-3H3,(H,21,24). The van der Waals surface area contributed by atoms with E-state index in [0.29, 0.717) is 33.5 Å². The van der Waals surface area contributed by atoms with E-state index in [-0.39, 0.29) is 11.8 Å². The minimum Gasteiger partial charge on any atom is -0.361 e. The van der Waals surface area contributed by atoms with Crippen molar-refractivity contribution >= 4 is 40.4 Å². The van der Waals surface area contributed by atoms with Crippen LogP contribution in [0.1, 0.15) is 37.0 Å². The van der Waals surface area contributed by atoms with Gasteiger partial charge in [-0.25, -0.2) is 0 Å². The average Bonchev–Trinajstić information content (AvgIpc) is 3.29. The normalized spacial score (nSPS) is 10.7. The van der Waals surface area contributed by atoms with E-state index in [2.05, 4.69) is 10.5 Å². The lowest BCUT2D eigenvalue weighted by Gasteiger charge is -2.18. The number of carbonyl (C=O) groups is 2. The highest BCUT2D eigenvalue weighted by Crippen LogP contribution is 2.25. The first-order chi connectivity index (χ1) is 12.9. The molecule has 0 aliphatic rings. The van der Waals surface area contributed by atoms with Gasteiger partial charge in [0.1, 0.15) is 5.76 Å². The van der Waals surface area contributed by atoms with E-state index in [9.17, 15) is 9.59 Å². The summed E-state index contributed by atoms with van der Waals surface area (Å²) in [4.78, 5) is 27.2. The van der Waals surface area contributed by atoms with Gasteiger partial charge in [0.2, 0.25) is 0 Å². The van der Waals surface area contributed by atoms with Gasteiger partial charge in [0.15, 0.2) is 0 Å². The zero-order chi connectivity index (χ0) is 19.6. The predicted octanol–water partition coefficient (Wildman–Crippen LogP) is 4.53. The van der Waals surface area contributed by atoms with E-state index in [1.165, 1.54) is 11.3 Å². The van der Waals surface area contributed by atoms with Crippen LogP contribution in [0.3, 0.4) is 0 Å². The van der Waals surface area contributed by atoms with Crippen LogP contribution in [0.5, 0.6) is 0 Å². The maximum absolute atomic E-state index is 12.8.